The van der Waals surface area contributed by atoms with Gasteiger partial charge in [-0.3, -0.25) is 9.67 Å². The maximum Gasteiger partial charge on any atom is 0.0823 e. The largest absolute Gasteiger partial charge is 0.396 e. The van der Waals surface area contributed by atoms with Gasteiger partial charge in [-0.1, -0.05) is 11.6 Å². The van der Waals surface area contributed by atoms with Crippen LogP contribution in [0.4, 0.5) is 5.69 Å². The molecule has 0 radical (unpaired) electrons. The van der Waals surface area contributed by atoms with E-state index >= 15 is 0 Å². The van der Waals surface area contributed by atoms with Crippen LogP contribution in [-0.4, -0.2) is 14.8 Å². The molecule has 0 aliphatic heterocycles. The lowest BCUT2D eigenvalue weighted by Crippen LogP contribution is -2.00. The average Bonchev–Trinajstić information content (AvgIpc) is 2.45. The minimum atomic E-state index is 0.629. The van der Waals surface area contributed by atoms with Crippen molar-refractivity contribution in [1.82, 2.24) is 14.8 Å². The van der Waals surface area contributed by atoms with Crippen LogP contribution in [0.2, 0.25) is 5.02 Å². The molecule has 2 aromatic heterocycles. The number of nitrogens with zero attached hydrogens (tertiary/aromatic N) is 3. The second-order valence-electron chi connectivity index (χ2n) is 3.38. The highest BCUT2D eigenvalue weighted by Gasteiger charge is 2.02. The van der Waals surface area contributed by atoms with Crippen molar-refractivity contribution in [2.75, 3.05) is 5.73 Å². The number of anilines is 1. The minimum Gasteiger partial charge on any atom is -0.396 e. The average molecular weight is 223 g/mol. The second-order valence-corrected chi connectivity index (χ2v) is 3.82. The van der Waals surface area contributed by atoms with E-state index < -0.39 is 0 Å². The molecule has 0 aromatic carbocycles. The Morgan fingerprint density at radius 3 is 2.87 bits per heavy atom. The fraction of sp³-hybridized carbons (Fsp3) is 0.200. The summed E-state index contributed by atoms with van der Waals surface area (Å²) in [7, 11) is 0. The van der Waals surface area contributed by atoms with Gasteiger partial charge in [-0.05, 0) is 18.6 Å². The molecular weight excluding hydrogens is 212 g/mol. The van der Waals surface area contributed by atoms with Crippen molar-refractivity contribution in [3.63, 3.8) is 0 Å². The molecule has 4 nitrogen and oxygen atoms in total. The topological polar surface area (TPSA) is 56.7 Å². The maximum absolute atomic E-state index is 5.83. The van der Waals surface area contributed by atoms with Gasteiger partial charge in [0.15, 0.2) is 0 Å². The van der Waals surface area contributed by atoms with Gasteiger partial charge in [0.05, 0.1) is 22.9 Å². The highest BCUT2D eigenvalue weighted by Crippen LogP contribution is 2.12. The number of nitrogen functional groups attached to an aromatic ring is 1. The molecule has 2 N–H and O–H groups in total. The molecule has 0 bridgehead atoms. The van der Waals surface area contributed by atoms with Crippen LogP contribution < -0.4 is 5.73 Å². The van der Waals surface area contributed by atoms with Crippen molar-refractivity contribution in [3.05, 3.63) is 40.9 Å². The van der Waals surface area contributed by atoms with E-state index in [0.717, 1.165) is 11.3 Å². The van der Waals surface area contributed by atoms with Gasteiger partial charge in [-0.2, -0.15) is 5.10 Å². The number of rotatable bonds is 2. The van der Waals surface area contributed by atoms with Crippen LogP contribution in [0.5, 0.6) is 0 Å². The van der Waals surface area contributed by atoms with E-state index in [0.29, 0.717) is 17.3 Å². The standard InChI is InChI=1S/C10H11ClN4/c1-7-10(12)6-15(14-7)5-8-2-9(11)4-13-3-8/h2-4,6H,5,12H2,1H3. The monoisotopic (exact) mass is 222 g/mol. The van der Waals surface area contributed by atoms with Gasteiger partial charge in [-0.25, -0.2) is 0 Å². The van der Waals surface area contributed by atoms with E-state index in [1.807, 2.05) is 13.0 Å². The fourth-order valence-electron chi connectivity index (χ4n) is 1.34. The summed E-state index contributed by atoms with van der Waals surface area (Å²) in [6.07, 6.45) is 5.17. The molecule has 78 valence electrons. The first-order valence-corrected chi connectivity index (χ1v) is 4.92. The molecule has 0 saturated carbocycles. The molecule has 2 heterocycles. The molecule has 0 atom stereocenters. The number of pyridine rings is 1. The molecule has 0 aliphatic rings. The van der Waals surface area contributed by atoms with Crippen molar-refractivity contribution in [2.45, 2.75) is 13.5 Å². The first kappa shape index (κ1) is 9.98. The first-order valence-electron chi connectivity index (χ1n) is 4.54. The molecule has 2 rings (SSSR count). The van der Waals surface area contributed by atoms with Crippen molar-refractivity contribution < 1.29 is 0 Å². The highest BCUT2D eigenvalue weighted by molar-refractivity contribution is 6.30. The molecule has 0 unspecified atom stereocenters. The van der Waals surface area contributed by atoms with Gasteiger partial charge in [-0.15, -0.1) is 0 Å². The van der Waals surface area contributed by atoms with Crippen LogP contribution >= 0.6 is 11.6 Å². The summed E-state index contributed by atoms with van der Waals surface area (Å²) in [4.78, 5) is 4.01. The van der Waals surface area contributed by atoms with Crippen molar-refractivity contribution in [1.29, 1.82) is 0 Å². The molecule has 2 aromatic rings. The molecule has 0 fully saturated rings. The SMILES string of the molecule is Cc1nn(Cc2cncc(Cl)c2)cc1N. The Kier molecular flexibility index (Phi) is 2.60. The van der Waals surface area contributed by atoms with E-state index in [9.17, 15) is 0 Å². The van der Waals surface area contributed by atoms with Crippen LogP contribution in [0, 0.1) is 6.92 Å². The third-order valence-corrected chi connectivity index (χ3v) is 2.30. The Morgan fingerprint density at radius 1 is 1.47 bits per heavy atom. The van der Waals surface area contributed by atoms with Gasteiger partial charge in [0, 0.05) is 18.6 Å². The van der Waals surface area contributed by atoms with E-state index in [1.165, 1.54) is 0 Å². The van der Waals surface area contributed by atoms with Crippen molar-refractivity contribution in [3.8, 4) is 0 Å². The zero-order valence-corrected chi connectivity index (χ0v) is 9.07. The Bertz CT molecular complexity index is 459. The van der Waals surface area contributed by atoms with Gasteiger partial charge in [0.25, 0.3) is 0 Å². The van der Waals surface area contributed by atoms with E-state index in [2.05, 4.69) is 10.1 Å². The van der Waals surface area contributed by atoms with Crippen LogP contribution in [0.1, 0.15) is 11.3 Å². The Balaban J connectivity index is 2.22. The quantitative estimate of drug-likeness (QED) is 0.844. The molecular formula is C10H11ClN4. The third-order valence-electron chi connectivity index (χ3n) is 2.09. The van der Waals surface area contributed by atoms with Crippen LogP contribution in [-0.2, 0) is 6.54 Å². The molecule has 5 heteroatoms. The summed E-state index contributed by atoms with van der Waals surface area (Å²) < 4.78 is 1.78. The third kappa shape index (κ3) is 2.27. The number of hydrogen-bond acceptors (Lipinski definition) is 3. The fourth-order valence-corrected chi connectivity index (χ4v) is 1.54. The molecule has 0 aliphatic carbocycles. The number of nitrogens with two attached hydrogens (primary N) is 1. The van der Waals surface area contributed by atoms with Gasteiger partial charge in [0.1, 0.15) is 0 Å². The minimum absolute atomic E-state index is 0.629. The predicted octanol–water partition coefficient (Wildman–Crippen LogP) is 1.87. The lowest BCUT2D eigenvalue weighted by molar-refractivity contribution is 0.678. The van der Waals surface area contributed by atoms with Crippen molar-refractivity contribution >= 4 is 17.3 Å². The van der Waals surface area contributed by atoms with Gasteiger partial charge in [0.2, 0.25) is 0 Å². The number of aromatic nitrogens is 3. The summed E-state index contributed by atoms with van der Waals surface area (Å²) in [6.45, 7) is 2.51. The molecule has 0 spiro atoms. The van der Waals surface area contributed by atoms with E-state index in [1.54, 1.807) is 23.3 Å². The summed E-state index contributed by atoms with van der Waals surface area (Å²) in [5, 5.41) is 4.89. The Morgan fingerprint density at radius 2 is 2.27 bits per heavy atom. The number of aryl methyl sites for hydroxylation is 1. The summed E-state index contributed by atoms with van der Waals surface area (Å²) in [5.74, 6) is 0. The van der Waals surface area contributed by atoms with Gasteiger partial charge < -0.3 is 5.73 Å². The predicted molar refractivity (Wildman–Crippen MR) is 59.7 cm³/mol. The maximum atomic E-state index is 5.83. The van der Waals surface area contributed by atoms with Crippen LogP contribution in [0.15, 0.2) is 24.7 Å². The lowest BCUT2D eigenvalue weighted by Gasteiger charge is -2.01. The Labute approximate surface area is 92.7 Å². The molecule has 0 saturated heterocycles. The molecule has 15 heavy (non-hydrogen) atoms. The van der Waals surface area contributed by atoms with Crippen molar-refractivity contribution in [2.24, 2.45) is 0 Å². The van der Waals surface area contributed by atoms with Gasteiger partial charge >= 0.3 is 0 Å². The summed E-state index contributed by atoms with van der Waals surface area (Å²) in [6, 6.07) is 1.86. The zero-order chi connectivity index (χ0) is 10.8. The summed E-state index contributed by atoms with van der Waals surface area (Å²) >= 11 is 5.83. The van der Waals surface area contributed by atoms with Crippen LogP contribution in [0.25, 0.3) is 0 Å². The molecule has 0 amide bonds. The number of hydrogen-bond donors (Lipinski definition) is 1. The normalized spacial score (nSPS) is 10.5. The zero-order valence-electron chi connectivity index (χ0n) is 8.31. The smallest absolute Gasteiger partial charge is 0.0823 e. The second kappa shape index (κ2) is 3.90. The summed E-state index contributed by atoms with van der Waals surface area (Å²) in [5.41, 5.74) is 8.24. The number of halogens is 1. The highest BCUT2D eigenvalue weighted by atomic mass is 35.5. The van der Waals surface area contributed by atoms with Crippen LogP contribution in [0.3, 0.4) is 0 Å². The van der Waals surface area contributed by atoms with E-state index in [-0.39, 0.29) is 0 Å². The Hall–Kier alpha value is -1.55. The van der Waals surface area contributed by atoms with E-state index in [4.69, 9.17) is 17.3 Å². The lowest BCUT2D eigenvalue weighted by atomic mass is 10.3. The first-order chi connectivity index (χ1) is 7.15.